The SMILES string of the molecule is N#CC(C#N)=C(C#N)Nc1cccc(Cn2ccnc2)c1. The number of rotatable bonds is 4. The summed E-state index contributed by atoms with van der Waals surface area (Å²) in [6.45, 7) is 0.643. The van der Waals surface area contributed by atoms with Gasteiger partial charge in [0.15, 0.2) is 5.57 Å². The van der Waals surface area contributed by atoms with Gasteiger partial charge >= 0.3 is 0 Å². The Balaban J connectivity index is 2.23. The second kappa shape index (κ2) is 6.56. The third kappa shape index (κ3) is 3.47. The summed E-state index contributed by atoms with van der Waals surface area (Å²) < 4.78 is 1.91. The summed E-state index contributed by atoms with van der Waals surface area (Å²) in [5, 5.41) is 29.4. The zero-order valence-electron chi connectivity index (χ0n) is 11.0. The summed E-state index contributed by atoms with van der Waals surface area (Å²) >= 11 is 0. The van der Waals surface area contributed by atoms with Crippen LogP contribution in [0, 0.1) is 34.0 Å². The van der Waals surface area contributed by atoms with Crippen LogP contribution < -0.4 is 5.32 Å². The fourth-order valence-corrected chi connectivity index (χ4v) is 1.77. The molecule has 0 bridgehead atoms. The monoisotopic (exact) mass is 274 g/mol. The van der Waals surface area contributed by atoms with Gasteiger partial charge in [-0.25, -0.2) is 4.98 Å². The molecule has 0 saturated carbocycles. The number of hydrogen-bond acceptors (Lipinski definition) is 5. The molecule has 0 aliphatic heterocycles. The van der Waals surface area contributed by atoms with Crippen LogP contribution in [-0.2, 0) is 6.54 Å². The van der Waals surface area contributed by atoms with Crippen LogP contribution in [-0.4, -0.2) is 9.55 Å². The summed E-state index contributed by atoms with van der Waals surface area (Å²) in [7, 11) is 0. The molecule has 0 aliphatic rings. The summed E-state index contributed by atoms with van der Waals surface area (Å²) in [5.74, 6) is 0. The molecule has 6 nitrogen and oxygen atoms in total. The van der Waals surface area contributed by atoms with Gasteiger partial charge in [-0.15, -0.1) is 0 Å². The number of imidazole rings is 1. The Labute approximate surface area is 121 Å². The van der Waals surface area contributed by atoms with Gasteiger partial charge in [0.2, 0.25) is 0 Å². The normalized spacial score (nSPS) is 9.00. The molecule has 0 saturated heterocycles. The van der Waals surface area contributed by atoms with E-state index in [4.69, 9.17) is 15.8 Å². The molecule has 0 amide bonds. The van der Waals surface area contributed by atoms with Gasteiger partial charge in [-0.05, 0) is 17.7 Å². The van der Waals surface area contributed by atoms with Gasteiger partial charge < -0.3 is 9.88 Å². The molecule has 2 rings (SSSR count). The van der Waals surface area contributed by atoms with Crippen molar-refractivity contribution in [2.45, 2.75) is 6.54 Å². The number of nitriles is 3. The maximum atomic E-state index is 9.01. The van der Waals surface area contributed by atoms with Gasteiger partial charge in [0.25, 0.3) is 0 Å². The molecule has 0 atom stereocenters. The molecule has 0 spiro atoms. The average Bonchev–Trinajstić information content (AvgIpc) is 3.00. The van der Waals surface area contributed by atoms with E-state index in [1.807, 2.05) is 35.0 Å². The molecule has 0 radical (unpaired) electrons. The molecular formula is C15H10N6. The van der Waals surface area contributed by atoms with Crippen molar-refractivity contribution in [3.63, 3.8) is 0 Å². The minimum Gasteiger partial charge on any atom is -0.345 e. The maximum Gasteiger partial charge on any atom is 0.163 e. The summed E-state index contributed by atoms with van der Waals surface area (Å²) in [6.07, 6.45) is 5.26. The molecule has 1 aromatic heterocycles. The second-order valence-corrected chi connectivity index (χ2v) is 4.15. The van der Waals surface area contributed by atoms with Crippen LogP contribution in [0.25, 0.3) is 0 Å². The lowest BCUT2D eigenvalue weighted by atomic mass is 10.2. The first-order valence-corrected chi connectivity index (χ1v) is 6.03. The van der Waals surface area contributed by atoms with Crippen molar-refractivity contribution in [2.75, 3.05) is 5.32 Å². The van der Waals surface area contributed by atoms with Crippen LogP contribution >= 0.6 is 0 Å². The van der Waals surface area contributed by atoms with Crippen LogP contribution in [0.4, 0.5) is 5.69 Å². The molecular weight excluding hydrogens is 264 g/mol. The Bertz CT molecular complexity index is 765. The molecule has 21 heavy (non-hydrogen) atoms. The number of nitrogens with one attached hydrogen (secondary N) is 1. The average molecular weight is 274 g/mol. The summed E-state index contributed by atoms with van der Waals surface area (Å²) in [5.41, 5.74) is 1.36. The van der Waals surface area contributed by atoms with Crippen molar-refractivity contribution in [1.29, 1.82) is 15.8 Å². The van der Waals surface area contributed by atoms with Crippen molar-refractivity contribution >= 4 is 5.69 Å². The first-order chi connectivity index (χ1) is 10.3. The number of benzene rings is 1. The van der Waals surface area contributed by atoms with Crippen molar-refractivity contribution in [3.8, 4) is 18.2 Å². The Morgan fingerprint density at radius 1 is 1.19 bits per heavy atom. The van der Waals surface area contributed by atoms with Gasteiger partial charge in [0.1, 0.15) is 23.9 Å². The quantitative estimate of drug-likeness (QED) is 0.861. The van der Waals surface area contributed by atoms with Crippen molar-refractivity contribution < 1.29 is 0 Å². The zero-order chi connectivity index (χ0) is 15.1. The van der Waals surface area contributed by atoms with E-state index in [0.717, 1.165) is 5.56 Å². The fraction of sp³-hybridized carbons (Fsp3) is 0.0667. The molecule has 0 aliphatic carbocycles. The second-order valence-electron chi connectivity index (χ2n) is 4.15. The molecule has 0 fully saturated rings. The first-order valence-electron chi connectivity index (χ1n) is 6.03. The van der Waals surface area contributed by atoms with E-state index in [2.05, 4.69) is 10.3 Å². The van der Waals surface area contributed by atoms with Crippen LogP contribution in [0.3, 0.4) is 0 Å². The molecule has 2 aromatic rings. The van der Waals surface area contributed by atoms with E-state index < -0.39 is 0 Å². The minimum atomic E-state index is -0.238. The fourth-order valence-electron chi connectivity index (χ4n) is 1.77. The van der Waals surface area contributed by atoms with Gasteiger partial charge in [-0.1, -0.05) is 12.1 Å². The summed E-state index contributed by atoms with van der Waals surface area (Å²) in [4.78, 5) is 3.97. The molecule has 1 heterocycles. The number of allylic oxidation sites excluding steroid dienone is 2. The highest BCUT2D eigenvalue weighted by Crippen LogP contribution is 2.15. The molecule has 100 valence electrons. The zero-order valence-corrected chi connectivity index (χ0v) is 11.0. The van der Waals surface area contributed by atoms with Gasteiger partial charge in [0.05, 0.1) is 6.33 Å². The van der Waals surface area contributed by atoms with Crippen molar-refractivity contribution in [1.82, 2.24) is 9.55 Å². The Morgan fingerprint density at radius 3 is 2.62 bits per heavy atom. The van der Waals surface area contributed by atoms with Crippen LogP contribution in [0.5, 0.6) is 0 Å². The lowest BCUT2D eigenvalue weighted by Crippen LogP contribution is -2.02. The minimum absolute atomic E-state index is 0.0558. The standard InChI is InChI=1S/C15H10N6/c16-7-13(8-17)15(9-18)20-14-3-1-2-12(6-14)10-21-5-4-19-11-21/h1-6,11,20H,10H2. The van der Waals surface area contributed by atoms with E-state index in [0.29, 0.717) is 12.2 Å². The molecule has 1 N–H and O–H groups in total. The van der Waals surface area contributed by atoms with Gasteiger partial charge in [-0.2, -0.15) is 15.8 Å². The molecule has 0 unspecified atom stereocenters. The van der Waals surface area contributed by atoms with E-state index in [1.54, 1.807) is 30.7 Å². The Kier molecular flexibility index (Phi) is 4.33. The van der Waals surface area contributed by atoms with E-state index in [1.165, 1.54) is 0 Å². The number of aromatic nitrogens is 2. The topological polar surface area (TPSA) is 101 Å². The highest BCUT2D eigenvalue weighted by molar-refractivity contribution is 5.58. The highest BCUT2D eigenvalue weighted by Gasteiger charge is 2.06. The van der Waals surface area contributed by atoms with E-state index in [9.17, 15) is 0 Å². The highest BCUT2D eigenvalue weighted by atomic mass is 15.0. The predicted molar refractivity (Wildman–Crippen MR) is 75.3 cm³/mol. The largest absolute Gasteiger partial charge is 0.345 e. The van der Waals surface area contributed by atoms with Crippen molar-refractivity contribution in [2.24, 2.45) is 0 Å². The van der Waals surface area contributed by atoms with Crippen molar-refractivity contribution in [3.05, 3.63) is 59.8 Å². The van der Waals surface area contributed by atoms with Gasteiger partial charge in [-0.3, -0.25) is 0 Å². The van der Waals surface area contributed by atoms with E-state index >= 15 is 0 Å². The van der Waals surface area contributed by atoms with Crippen LogP contribution in [0.1, 0.15) is 5.56 Å². The van der Waals surface area contributed by atoms with Crippen LogP contribution in [0.2, 0.25) is 0 Å². The number of anilines is 1. The third-order valence-corrected chi connectivity index (χ3v) is 2.71. The lowest BCUT2D eigenvalue weighted by molar-refractivity contribution is 0.797. The first kappa shape index (κ1) is 13.9. The van der Waals surface area contributed by atoms with Gasteiger partial charge in [0, 0.05) is 24.6 Å². The Morgan fingerprint density at radius 2 is 2.00 bits per heavy atom. The third-order valence-electron chi connectivity index (χ3n) is 2.71. The number of hydrogen-bond donors (Lipinski definition) is 1. The van der Waals surface area contributed by atoms with Crippen LogP contribution in [0.15, 0.2) is 54.3 Å². The maximum absolute atomic E-state index is 9.01. The summed E-state index contributed by atoms with van der Waals surface area (Å²) in [6, 6.07) is 12.6. The lowest BCUT2D eigenvalue weighted by Gasteiger charge is -2.08. The van der Waals surface area contributed by atoms with E-state index in [-0.39, 0.29) is 11.3 Å². The predicted octanol–water partition coefficient (Wildman–Crippen LogP) is 2.17. The number of nitrogens with zero attached hydrogens (tertiary/aromatic N) is 5. The molecule has 6 heteroatoms. The smallest absolute Gasteiger partial charge is 0.163 e. The molecule has 1 aromatic carbocycles. The Hall–Kier alpha value is -3.56.